The van der Waals surface area contributed by atoms with Gasteiger partial charge in [-0.15, -0.1) is 11.3 Å². The molecule has 0 radical (unpaired) electrons. The predicted octanol–water partition coefficient (Wildman–Crippen LogP) is 1.26. The zero-order chi connectivity index (χ0) is 12.1. The smallest absolute Gasteiger partial charge is 0.107 e. The lowest BCUT2D eigenvalue weighted by Crippen LogP contribution is -2.29. The molecule has 2 rings (SSSR count). The molecular weight excluding hydrogens is 234 g/mol. The van der Waals surface area contributed by atoms with E-state index in [4.69, 9.17) is 9.72 Å². The number of methoxy groups -OCH3 is 1. The summed E-state index contributed by atoms with van der Waals surface area (Å²) in [5, 5.41) is 4.56. The summed E-state index contributed by atoms with van der Waals surface area (Å²) < 4.78 is 5.00. The maximum absolute atomic E-state index is 5.00. The first-order valence-electron chi connectivity index (χ1n) is 6.23. The predicted molar refractivity (Wildman–Crippen MR) is 70.4 cm³/mol. The van der Waals surface area contributed by atoms with Crippen LogP contribution in [0.15, 0.2) is 0 Å². The fraction of sp³-hybridized carbons (Fsp3) is 0.750. The van der Waals surface area contributed by atoms with Crippen molar-refractivity contribution in [3.63, 3.8) is 0 Å². The minimum atomic E-state index is 0.759. The summed E-state index contributed by atoms with van der Waals surface area (Å²) in [6, 6.07) is 0. The van der Waals surface area contributed by atoms with Crippen molar-refractivity contribution in [3.05, 3.63) is 15.6 Å². The van der Waals surface area contributed by atoms with Gasteiger partial charge in [-0.1, -0.05) is 6.92 Å². The molecule has 0 spiro atoms. The van der Waals surface area contributed by atoms with E-state index in [0.717, 1.165) is 45.8 Å². The number of ether oxygens (including phenoxy) is 1. The van der Waals surface area contributed by atoms with Crippen LogP contribution in [-0.4, -0.2) is 43.2 Å². The Morgan fingerprint density at radius 2 is 2.41 bits per heavy atom. The van der Waals surface area contributed by atoms with Gasteiger partial charge in [0.05, 0.1) is 12.3 Å². The van der Waals surface area contributed by atoms with Crippen LogP contribution in [0.1, 0.15) is 22.5 Å². The maximum Gasteiger partial charge on any atom is 0.107 e. The van der Waals surface area contributed by atoms with Crippen LogP contribution in [-0.2, 0) is 24.2 Å². The van der Waals surface area contributed by atoms with Gasteiger partial charge in [-0.3, -0.25) is 4.90 Å². The highest BCUT2D eigenvalue weighted by Gasteiger charge is 2.19. The molecule has 1 N–H and O–H groups in total. The molecule has 0 bridgehead atoms. The number of thiazole rings is 1. The van der Waals surface area contributed by atoms with E-state index in [2.05, 4.69) is 17.1 Å². The summed E-state index contributed by atoms with van der Waals surface area (Å²) in [6.45, 7) is 8.12. The van der Waals surface area contributed by atoms with Crippen molar-refractivity contribution in [1.29, 1.82) is 0 Å². The van der Waals surface area contributed by atoms with E-state index in [9.17, 15) is 0 Å². The van der Waals surface area contributed by atoms with Crippen molar-refractivity contribution < 1.29 is 4.74 Å². The quantitative estimate of drug-likeness (QED) is 0.777. The molecule has 0 atom stereocenters. The zero-order valence-corrected chi connectivity index (χ0v) is 11.5. The second-order valence-electron chi connectivity index (χ2n) is 4.27. The van der Waals surface area contributed by atoms with E-state index in [1.165, 1.54) is 15.6 Å². The molecule has 96 valence electrons. The van der Waals surface area contributed by atoms with Crippen LogP contribution in [0.5, 0.6) is 0 Å². The van der Waals surface area contributed by atoms with Gasteiger partial charge < -0.3 is 10.1 Å². The average molecular weight is 255 g/mol. The average Bonchev–Trinajstić information content (AvgIpc) is 2.76. The number of likely N-dealkylation sites (N-methyl/N-ethyl adjacent to an activating group) is 1. The largest absolute Gasteiger partial charge is 0.383 e. The van der Waals surface area contributed by atoms with Crippen LogP contribution < -0.4 is 5.32 Å². The Balaban J connectivity index is 1.87. The molecule has 1 aromatic rings. The van der Waals surface area contributed by atoms with Crippen molar-refractivity contribution in [3.8, 4) is 0 Å². The van der Waals surface area contributed by atoms with Crippen LogP contribution in [0.3, 0.4) is 0 Å². The molecule has 0 aromatic carbocycles. The highest BCUT2D eigenvalue weighted by atomic mass is 32.1. The van der Waals surface area contributed by atoms with Gasteiger partial charge in [-0.2, -0.15) is 0 Å². The van der Waals surface area contributed by atoms with Gasteiger partial charge in [-0.25, -0.2) is 4.98 Å². The third-order valence-electron chi connectivity index (χ3n) is 3.06. The van der Waals surface area contributed by atoms with Crippen molar-refractivity contribution in [1.82, 2.24) is 15.2 Å². The monoisotopic (exact) mass is 255 g/mol. The van der Waals surface area contributed by atoms with Crippen LogP contribution in [0, 0.1) is 0 Å². The summed E-state index contributed by atoms with van der Waals surface area (Å²) in [5.74, 6) is 0. The van der Waals surface area contributed by atoms with E-state index < -0.39 is 0 Å². The van der Waals surface area contributed by atoms with Gasteiger partial charge in [0.25, 0.3) is 0 Å². The standard InChI is InChI=1S/C12H21N3OS/c1-3-15-6-4-10-11(9-15)17-12(14-10)8-13-5-7-16-2/h13H,3-9H2,1-2H3. The molecule has 0 aliphatic carbocycles. The van der Waals surface area contributed by atoms with Crippen molar-refractivity contribution in [2.24, 2.45) is 0 Å². The van der Waals surface area contributed by atoms with Gasteiger partial charge >= 0.3 is 0 Å². The SMILES string of the molecule is CCN1CCc2nc(CNCCOC)sc2C1. The number of hydrogen-bond donors (Lipinski definition) is 1. The lowest BCUT2D eigenvalue weighted by molar-refractivity contribution is 0.199. The van der Waals surface area contributed by atoms with Gasteiger partial charge in [-0.05, 0) is 6.54 Å². The van der Waals surface area contributed by atoms with Gasteiger partial charge in [0, 0.05) is 44.6 Å². The third-order valence-corrected chi connectivity index (χ3v) is 4.14. The number of hydrogen-bond acceptors (Lipinski definition) is 5. The van der Waals surface area contributed by atoms with Gasteiger partial charge in [0.1, 0.15) is 5.01 Å². The topological polar surface area (TPSA) is 37.4 Å². The Hall–Kier alpha value is -0.490. The van der Waals surface area contributed by atoms with Crippen molar-refractivity contribution in [2.75, 3.05) is 33.4 Å². The maximum atomic E-state index is 5.00. The minimum Gasteiger partial charge on any atom is -0.383 e. The fourth-order valence-corrected chi connectivity index (χ4v) is 3.14. The van der Waals surface area contributed by atoms with Crippen LogP contribution >= 0.6 is 11.3 Å². The molecule has 4 nitrogen and oxygen atoms in total. The van der Waals surface area contributed by atoms with E-state index in [0.29, 0.717) is 0 Å². The summed E-state index contributed by atoms with van der Waals surface area (Å²) in [6.07, 6.45) is 1.11. The third kappa shape index (κ3) is 3.48. The summed E-state index contributed by atoms with van der Waals surface area (Å²) >= 11 is 1.86. The lowest BCUT2D eigenvalue weighted by atomic mass is 10.2. The first-order chi connectivity index (χ1) is 8.33. The summed E-state index contributed by atoms with van der Waals surface area (Å²) in [5.41, 5.74) is 1.32. The molecule has 1 aliphatic rings. The second kappa shape index (κ2) is 6.44. The Labute approximate surface area is 107 Å². The number of rotatable bonds is 6. The molecule has 0 amide bonds. The summed E-state index contributed by atoms with van der Waals surface area (Å²) in [7, 11) is 1.73. The van der Waals surface area contributed by atoms with Crippen LogP contribution in [0.25, 0.3) is 0 Å². The van der Waals surface area contributed by atoms with Crippen LogP contribution in [0.4, 0.5) is 0 Å². The van der Waals surface area contributed by atoms with Crippen molar-refractivity contribution in [2.45, 2.75) is 26.4 Å². The van der Waals surface area contributed by atoms with Crippen LogP contribution in [0.2, 0.25) is 0 Å². The van der Waals surface area contributed by atoms with E-state index in [1.54, 1.807) is 7.11 Å². The Morgan fingerprint density at radius 3 is 3.18 bits per heavy atom. The molecular formula is C12H21N3OS. The first kappa shape index (κ1) is 13.0. The van der Waals surface area contributed by atoms with E-state index in [1.807, 2.05) is 11.3 Å². The fourth-order valence-electron chi connectivity index (χ4n) is 2.02. The Bertz CT molecular complexity index is 354. The highest BCUT2D eigenvalue weighted by Crippen LogP contribution is 2.24. The molecule has 2 heterocycles. The molecule has 0 unspecified atom stereocenters. The normalized spacial score (nSPS) is 16.1. The molecule has 1 aromatic heterocycles. The van der Waals surface area contributed by atoms with Gasteiger partial charge in [0.2, 0.25) is 0 Å². The van der Waals surface area contributed by atoms with Gasteiger partial charge in [0.15, 0.2) is 0 Å². The van der Waals surface area contributed by atoms with Crippen molar-refractivity contribution >= 4 is 11.3 Å². The molecule has 0 saturated carbocycles. The lowest BCUT2D eigenvalue weighted by Gasteiger charge is -2.23. The molecule has 17 heavy (non-hydrogen) atoms. The molecule has 5 heteroatoms. The Morgan fingerprint density at radius 1 is 1.53 bits per heavy atom. The molecule has 0 saturated heterocycles. The zero-order valence-electron chi connectivity index (χ0n) is 10.7. The first-order valence-corrected chi connectivity index (χ1v) is 7.04. The highest BCUT2D eigenvalue weighted by molar-refractivity contribution is 7.11. The molecule has 0 fully saturated rings. The number of aromatic nitrogens is 1. The Kier molecular flexibility index (Phi) is 4.91. The second-order valence-corrected chi connectivity index (χ2v) is 5.43. The van der Waals surface area contributed by atoms with E-state index in [-0.39, 0.29) is 0 Å². The summed E-state index contributed by atoms with van der Waals surface area (Å²) in [4.78, 5) is 8.64. The number of nitrogens with zero attached hydrogens (tertiary/aromatic N) is 2. The number of fused-ring (bicyclic) bond motifs is 1. The van der Waals surface area contributed by atoms with E-state index >= 15 is 0 Å². The minimum absolute atomic E-state index is 0.759. The number of nitrogens with one attached hydrogen (secondary N) is 1. The molecule has 1 aliphatic heterocycles.